The summed E-state index contributed by atoms with van der Waals surface area (Å²) in [5.74, 6) is -0.538. The molecule has 2 amide bonds. The molecule has 7 heteroatoms. The van der Waals surface area contributed by atoms with Crippen LogP contribution >= 0.6 is 0 Å². The Labute approximate surface area is 201 Å². The molecule has 1 fully saturated rings. The number of likely N-dealkylation sites (N-methyl/N-ethyl adjacent to an activating group) is 1. The molecule has 1 heterocycles. The fourth-order valence-corrected chi connectivity index (χ4v) is 4.41. The van der Waals surface area contributed by atoms with Gasteiger partial charge in [-0.25, -0.2) is 4.79 Å². The Balaban J connectivity index is 3.15. The molecule has 1 saturated heterocycles. The number of piperidine rings is 1. The van der Waals surface area contributed by atoms with Crippen LogP contribution in [0.25, 0.3) is 0 Å². The molecular formula is C26H47N3O4. The number of esters is 1. The van der Waals surface area contributed by atoms with E-state index in [2.05, 4.69) is 24.1 Å². The molecule has 0 aromatic carbocycles. The van der Waals surface area contributed by atoms with Crippen molar-refractivity contribution in [1.82, 2.24) is 15.1 Å². The largest absolute Gasteiger partial charge is 0.463 e. The first-order valence-corrected chi connectivity index (χ1v) is 12.4. The van der Waals surface area contributed by atoms with Crippen LogP contribution in [0.1, 0.15) is 81.6 Å². The van der Waals surface area contributed by atoms with E-state index in [0.717, 1.165) is 25.8 Å². The van der Waals surface area contributed by atoms with Crippen molar-refractivity contribution in [2.24, 2.45) is 11.3 Å². The quantitative estimate of drug-likeness (QED) is 0.414. The highest BCUT2D eigenvalue weighted by Gasteiger charge is 2.39. The van der Waals surface area contributed by atoms with Crippen LogP contribution in [-0.2, 0) is 19.1 Å². The lowest BCUT2D eigenvalue weighted by Crippen LogP contribution is -2.60. The molecule has 0 aromatic rings. The summed E-state index contributed by atoms with van der Waals surface area (Å²) in [4.78, 5) is 43.1. The van der Waals surface area contributed by atoms with Crippen molar-refractivity contribution >= 4 is 17.8 Å². The van der Waals surface area contributed by atoms with Crippen LogP contribution in [-0.4, -0.2) is 72.0 Å². The molecule has 0 aromatic heterocycles. The van der Waals surface area contributed by atoms with Gasteiger partial charge < -0.3 is 15.0 Å². The summed E-state index contributed by atoms with van der Waals surface area (Å²) in [5, 5.41) is 3.10. The summed E-state index contributed by atoms with van der Waals surface area (Å²) in [7, 11) is 1.74. The maximum atomic E-state index is 13.7. The summed E-state index contributed by atoms with van der Waals surface area (Å²) < 4.78 is 5.10. The fourth-order valence-electron chi connectivity index (χ4n) is 4.41. The lowest BCUT2D eigenvalue weighted by Gasteiger charge is -2.41. The number of hydrogen-bond donors (Lipinski definition) is 1. The molecular weight excluding hydrogens is 418 g/mol. The normalized spacial score (nSPS) is 19.9. The van der Waals surface area contributed by atoms with Crippen LogP contribution in [0.5, 0.6) is 0 Å². The topological polar surface area (TPSA) is 79.0 Å². The van der Waals surface area contributed by atoms with Gasteiger partial charge in [0.05, 0.1) is 18.7 Å². The number of ether oxygens (including phenoxy) is 1. The van der Waals surface area contributed by atoms with Gasteiger partial charge in [0.15, 0.2) is 0 Å². The molecule has 3 atom stereocenters. The average Bonchev–Trinajstić information content (AvgIpc) is 2.73. The van der Waals surface area contributed by atoms with Gasteiger partial charge in [-0.3, -0.25) is 14.5 Å². The number of likely N-dealkylation sites (tertiary alicyclic amines) is 1. The van der Waals surface area contributed by atoms with Gasteiger partial charge in [0, 0.05) is 18.7 Å². The van der Waals surface area contributed by atoms with Crippen molar-refractivity contribution in [2.75, 3.05) is 20.2 Å². The molecule has 190 valence electrons. The smallest absolute Gasteiger partial charge is 0.333 e. The Bertz CT molecular complexity index is 709. The summed E-state index contributed by atoms with van der Waals surface area (Å²) in [6.45, 7) is 18.8. The molecule has 0 radical (unpaired) electrons. The molecule has 1 aliphatic heterocycles. The fraction of sp³-hybridized carbons (Fsp3) is 0.808. The van der Waals surface area contributed by atoms with E-state index >= 15 is 0 Å². The van der Waals surface area contributed by atoms with Gasteiger partial charge in [0.1, 0.15) is 6.04 Å². The van der Waals surface area contributed by atoms with Crippen molar-refractivity contribution in [2.45, 2.75) is 106 Å². The zero-order valence-electron chi connectivity index (χ0n) is 22.5. The van der Waals surface area contributed by atoms with Gasteiger partial charge in [-0.2, -0.15) is 0 Å². The maximum absolute atomic E-state index is 13.7. The van der Waals surface area contributed by atoms with Gasteiger partial charge in [-0.05, 0) is 58.4 Å². The minimum atomic E-state index is -0.677. The molecule has 33 heavy (non-hydrogen) atoms. The summed E-state index contributed by atoms with van der Waals surface area (Å²) in [6.07, 6.45) is 4.71. The summed E-state index contributed by atoms with van der Waals surface area (Å²) >= 11 is 0. The Hall–Kier alpha value is -1.89. The van der Waals surface area contributed by atoms with Crippen LogP contribution in [0, 0.1) is 11.3 Å². The SMILES string of the molecule is CCOC(=O)/C(C)=C/C(C(C)C)N(C)C(=O)C(NC(=O)[C@H]1CCCCN1C(C)C)C(C)(C)C. The minimum Gasteiger partial charge on any atom is -0.463 e. The number of carbonyl (C=O) groups excluding carboxylic acids is 3. The Kier molecular flexibility index (Phi) is 11.1. The van der Waals surface area contributed by atoms with Crippen LogP contribution in [0.2, 0.25) is 0 Å². The van der Waals surface area contributed by atoms with E-state index in [1.165, 1.54) is 0 Å². The molecule has 0 spiro atoms. The molecule has 0 bridgehead atoms. The maximum Gasteiger partial charge on any atom is 0.333 e. The zero-order valence-corrected chi connectivity index (χ0v) is 22.5. The number of nitrogens with zero attached hydrogens (tertiary/aromatic N) is 2. The third-order valence-corrected chi connectivity index (χ3v) is 6.41. The highest BCUT2D eigenvalue weighted by Crippen LogP contribution is 2.26. The Morgan fingerprint density at radius 1 is 1.15 bits per heavy atom. The highest BCUT2D eigenvalue weighted by molar-refractivity contribution is 5.91. The van der Waals surface area contributed by atoms with Crippen molar-refractivity contribution in [1.29, 1.82) is 0 Å². The number of carbonyl (C=O) groups is 3. The van der Waals surface area contributed by atoms with Gasteiger partial charge >= 0.3 is 5.97 Å². The molecule has 1 aliphatic rings. The average molecular weight is 466 g/mol. The van der Waals surface area contributed by atoms with E-state index in [1.807, 2.05) is 34.6 Å². The first-order chi connectivity index (χ1) is 15.2. The van der Waals surface area contributed by atoms with Crippen LogP contribution in [0.3, 0.4) is 0 Å². The van der Waals surface area contributed by atoms with Crippen molar-refractivity contribution in [3.63, 3.8) is 0 Å². The van der Waals surface area contributed by atoms with E-state index in [0.29, 0.717) is 12.2 Å². The lowest BCUT2D eigenvalue weighted by atomic mass is 9.84. The molecule has 0 aliphatic carbocycles. The molecule has 0 saturated carbocycles. The predicted octanol–water partition coefficient (Wildman–Crippen LogP) is 3.77. The van der Waals surface area contributed by atoms with E-state index in [9.17, 15) is 14.4 Å². The number of rotatable bonds is 9. The van der Waals surface area contributed by atoms with Gasteiger partial charge in [0.2, 0.25) is 11.8 Å². The minimum absolute atomic E-state index is 0.0782. The second kappa shape index (κ2) is 12.5. The van der Waals surface area contributed by atoms with Crippen molar-refractivity contribution < 1.29 is 19.1 Å². The highest BCUT2D eigenvalue weighted by atomic mass is 16.5. The Morgan fingerprint density at radius 3 is 2.24 bits per heavy atom. The van der Waals surface area contributed by atoms with Crippen LogP contribution in [0.15, 0.2) is 11.6 Å². The third kappa shape index (κ3) is 8.13. The first-order valence-electron chi connectivity index (χ1n) is 12.4. The number of nitrogens with one attached hydrogen (secondary N) is 1. The number of amides is 2. The molecule has 7 nitrogen and oxygen atoms in total. The van der Waals surface area contributed by atoms with E-state index in [-0.39, 0.29) is 41.8 Å². The van der Waals surface area contributed by atoms with Crippen LogP contribution in [0.4, 0.5) is 0 Å². The van der Waals surface area contributed by atoms with Crippen molar-refractivity contribution in [3.05, 3.63) is 11.6 Å². The standard InChI is InChI=1S/C26H47N3O4/c1-11-33-25(32)19(6)16-21(17(2)3)28(10)24(31)22(26(7,8)9)27-23(30)20-14-12-13-15-29(20)18(4)5/h16-18,20-22H,11-15H2,1-10H3,(H,27,30)/b19-16+/t20-,21?,22?/m1/s1. The first kappa shape index (κ1) is 29.1. The Morgan fingerprint density at radius 2 is 1.76 bits per heavy atom. The predicted molar refractivity (Wildman–Crippen MR) is 133 cm³/mol. The van der Waals surface area contributed by atoms with E-state index < -0.39 is 11.5 Å². The summed E-state index contributed by atoms with van der Waals surface area (Å²) in [6, 6.07) is -0.920. The van der Waals surface area contributed by atoms with E-state index in [4.69, 9.17) is 4.74 Å². The number of hydrogen-bond acceptors (Lipinski definition) is 5. The second-order valence-corrected chi connectivity index (χ2v) is 10.9. The van der Waals surface area contributed by atoms with Gasteiger partial charge in [0.25, 0.3) is 0 Å². The molecule has 1 N–H and O–H groups in total. The summed E-state index contributed by atoms with van der Waals surface area (Å²) in [5.41, 5.74) is 0.000989. The van der Waals surface area contributed by atoms with Crippen LogP contribution < -0.4 is 5.32 Å². The van der Waals surface area contributed by atoms with E-state index in [1.54, 1.807) is 31.9 Å². The zero-order chi connectivity index (χ0) is 25.5. The lowest BCUT2D eigenvalue weighted by molar-refractivity contribution is -0.142. The van der Waals surface area contributed by atoms with Crippen molar-refractivity contribution in [3.8, 4) is 0 Å². The monoisotopic (exact) mass is 465 g/mol. The van der Waals surface area contributed by atoms with Gasteiger partial charge in [-0.1, -0.05) is 47.1 Å². The second-order valence-electron chi connectivity index (χ2n) is 10.9. The van der Waals surface area contributed by atoms with Gasteiger partial charge in [-0.15, -0.1) is 0 Å². The molecule has 2 unspecified atom stereocenters. The molecule has 1 rings (SSSR count). The third-order valence-electron chi connectivity index (χ3n) is 6.41.